The van der Waals surface area contributed by atoms with Gasteiger partial charge in [-0.2, -0.15) is 5.10 Å². The summed E-state index contributed by atoms with van der Waals surface area (Å²) in [5.74, 6) is -1.56. The third-order valence-corrected chi connectivity index (χ3v) is 5.03. The molecule has 0 radical (unpaired) electrons. The minimum absolute atomic E-state index is 0.0653. The molecule has 2 aromatic carbocycles. The fraction of sp³-hybridized carbons (Fsp3) is 0.316. The van der Waals surface area contributed by atoms with E-state index in [1.54, 1.807) is 0 Å². The number of anilines is 1. The van der Waals surface area contributed by atoms with Gasteiger partial charge in [-0.05, 0) is 42.2 Å². The van der Waals surface area contributed by atoms with E-state index in [2.05, 4.69) is 23.8 Å². The summed E-state index contributed by atoms with van der Waals surface area (Å²) in [6.45, 7) is 6.56. The summed E-state index contributed by atoms with van der Waals surface area (Å²) in [7, 11) is 0. The Kier molecular flexibility index (Phi) is 3.63. The molecule has 2 heterocycles. The van der Waals surface area contributed by atoms with Crippen LogP contribution in [0.25, 0.3) is 16.6 Å². The van der Waals surface area contributed by atoms with Crippen molar-refractivity contribution < 1.29 is 13.9 Å². The number of halogens is 2. The maximum Gasteiger partial charge on any atom is 0.194 e. The molecule has 130 valence electrons. The number of hydrogen-bond acceptors (Lipinski definition) is 3. The third kappa shape index (κ3) is 2.52. The number of fused-ring (bicyclic) bond motifs is 1. The normalized spacial score (nSPS) is 15.2. The molecule has 0 atom stereocenters. The van der Waals surface area contributed by atoms with E-state index in [9.17, 15) is 13.9 Å². The summed E-state index contributed by atoms with van der Waals surface area (Å²) < 4.78 is 29.1. The summed E-state index contributed by atoms with van der Waals surface area (Å²) in [4.78, 5) is 2.30. The van der Waals surface area contributed by atoms with Gasteiger partial charge in [-0.1, -0.05) is 13.8 Å². The zero-order valence-electron chi connectivity index (χ0n) is 14.1. The van der Waals surface area contributed by atoms with E-state index in [1.807, 2.05) is 24.3 Å². The minimum atomic E-state index is -1.00. The maximum absolute atomic E-state index is 14.3. The van der Waals surface area contributed by atoms with E-state index < -0.39 is 17.4 Å². The van der Waals surface area contributed by atoms with E-state index in [4.69, 9.17) is 0 Å². The average Bonchev–Trinajstić information content (AvgIpc) is 2.95. The van der Waals surface area contributed by atoms with Crippen molar-refractivity contribution in [2.45, 2.75) is 13.8 Å². The van der Waals surface area contributed by atoms with Gasteiger partial charge >= 0.3 is 0 Å². The summed E-state index contributed by atoms with van der Waals surface area (Å²) in [6.07, 6.45) is 1.39. The zero-order valence-corrected chi connectivity index (χ0v) is 14.1. The van der Waals surface area contributed by atoms with Crippen LogP contribution in [-0.4, -0.2) is 28.0 Å². The first kappa shape index (κ1) is 15.9. The van der Waals surface area contributed by atoms with Crippen LogP contribution in [0.5, 0.6) is 5.75 Å². The molecule has 1 aliphatic heterocycles. The van der Waals surface area contributed by atoms with Crippen LogP contribution in [0.2, 0.25) is 0 Å². The molecule has 3 aromatic rings. The monoisotopic (exact) mass is 343 g/mol. The molecule has 1 aromatic heterocycles. The van der Waals surface area contributed by atoms with Crippen molar-refractivity contribution in [3.8, 4) is 11.4 Å². The van der Waals surface area contributed by atoms with Crippen LogP contribution in [-0.2, 0) is 0 Å². The van der Waals surface area contributed by atoms with Gasteiger partial charge in [-0.3, -0.25) is 0 Å². The quantitative estimate of drug-likeness (QED) is 0.778. The molecule has 0 aliphatic carbocycles. The SMILES string of the molecule is CC(C)C1CN(c2ccc(-n3ncc4cc(F)c(O)c(F)c43)cc2)C1. The van der Waals surface area contributed by atoms with Crippen molar-refractivity contribution in [2.24, 2.45) is 11.8 Å². The van der Waals surface area contributed by atoms with Crippen LogP contribution in [0.4, 0.5) is 14.5 Å². The highest BCUT2D eigenvalue weighted by atomic mass is 19.1. The Morgan fingerprint density at radius 1 is 1.12 bits per heavy atom. The topological polar surface area (TPSA) is 41.3 Å². The molecule has 1 N–H and O–H groups in total. The highest BCUT2D eigenvalue weighted by Crippen LogP contribution is 2.32. The van der Waals surface area contributed by atoms with Crippen molar-refractivity contribution in [3.63, 3.8) is 0 Å². The van der Waals surface area contributed by atoms with Crippen LogP contribution in [0.3, 0.4) is 0 Å². The smallest absolute Gasteiger partial charge is 0.194 e. The number of aromatic nitrogens is 2. The lowest BCUT2D eigenvalue weighted by molar-refractivity contribution is 0.310. The molecule has 0 spiro atoms. The molecule has 4 nitrogen and oxygen atoms in total. The van der Waals surface area contributed by atoms with Crippen molar-refractivity contribution in [1.29, 1.82) is 0 Å². The number of hydrogen-bond donors (Lipinski definition) is 1. The first-order valence-electron chi connectivity index (χ1n) is 8.35. The van der Waals surface area contributed by atoms with Gasteiger partial charge in [0.2, 0.25) is 0 Å². The zero-order chi connectivity index (χ0) is 17.7. The van der Waals surface area contributed by atoms with Gasteiger partial charge < -0.3 is 10.0 Å². The number of rotatable bonds is 3. The molecule has 0 amide bonds. The molecule has 6 heteroatoms. The number of nitrogens with zero attached hydrogens (tertiary/aromatic N) is 3. The number of benzene rings is 2. The Morgan fingerprint density at radius 2 is 1.76 bits per heavy atom. The van der Waals surface area contributed by atoms with E-state index >= 15 is 0 Å². The molecule has 0 saturated carbocycles. The molecular weight excluding hydrogens is 324 g/mol. The molecule has 0 unspecified atom stereocenters. The molecule has 1 saturated heterocycles. The Labute approximate surface area is 144 Å². The number of aromatic hydroxyl groups is 1. The van der Waals surface area contributed by atoms with Gasteiger partial charge in [0.05, 0.1) is 11.9 Å². The van der Waals surface area contributed by atoms with Crippen LogP contribution in [0.15, 0.2) is 36.5 Å². The van der Waals surface area contributed by atoms with Crippen molar-refractivity contribution in [2.75, 3.05) is 18.0 Å². The second-order valence-corrected chi connectivity index (χ2v) is 6.94. The fourth-order valence-electron chi connectivity index (χ4n) is 3.25. The average molecular weight is 343 g/mol. The largest absolute Gasteiger partial charge is 0.503 e. The van der Waals surface area contributed by atoms with Gasteiger partial charge in [0.15, 0.2) is 17.4 Å². The van der Waals surface area contributed by atoms with Gasteiger partial charge in [0, 0.05) is 24.2 Å². The van der Waals surface area contributed by atoms with Gasteiger partial charge in [0.1, 0.15) is 5.52 Å². The summed E-state index contributed by atoms with van der Waals surface area (Å²) in [5.41, 5.74) is 1.84. The third-order valence-electron chi connectivity index (χ3n) is 5.03. The van der Waals surface area contributed by atoms with E-state index in [1.165, 1.54) is 10.9 Å². The second-order valence-electron chi connectivity index (χ2n) is 6.94. The number of phenolic OH excluding ortho intramolecular Hbond substituents is 1. The maximum atomic E-state index is 14.3. The van der Waals surface area contributed by atoms with E-state index in [0.717, 1.165) is 30.8 Å². The Morgan fingerprint density at radius 3 is 2.40 bits per heavy atom. The highest BCUT2D eigenvalue weighted by Gasteiger charge is 2.29. The Hall–Kier alpha value is -2.63. The molecule has 4 rings (SSSR count). The summed E-state index contributed by atoms with van der Waals surface area (Å²) in [5, 5.41) is 14.0. The molecule has 1 aliphatic rings. The van der Waals surface area contributed by atoms with E-state index in [-0.39, 0.29) is 5.52 Å². The second kappa shape index (κ2) is 5.72. The lowest BCUT2D eigenvalue weighted by Crippen LogP contribution is -2.49. The van der Waals surface area contributed by atoms with Gasteiger partial charge in [-0.25, -0.2) is 13.5 Å². The van der Waals surface area contributed by atoms with Crippen molar-refractivity contribution >= 4 is 16.6 Å². The lowest BCUT2D eigenvalue weighted by atomic mass is 9.88. The minimum Gasteiger partial charge on any atom is -0.503 e. The standard InChI is InChI=1S/C19H19F2N3O/c1-11(2)13-9-23(10-13)14-3-5-15(6-4-14)24-18-12(8-22-24)7-16(20)19(25)17(18)21/h3-8,11,13,25H,9-10H2,1-2H3. The first-order valence-corrected chi connectivity index (χ1v) is 8.35. The van der Waals surface area contributed by atoms with Crippen LogP contribution < -0.4 is 4.90 Å². The molecular formula is C19H19F2N3O. The predicted molar refractivity (Wildman–Crippen MR) is 93.2 cm³/mol. The predicted octanol–water partition coefficient (Wildman–Crippen LogP) is 4.10. The highest BCUT2D eigenvalue weighted by molar-refractivity contribution is 5.82. The lowest BCUT2D eigenvalue weighted by Gasteiger charge is -2.43. The van der Waals surface area contributed by atoms with Crippen LogP contribution in [0, 0.1) is 23.5 Å². The van der Waals surface area contributed by atoms with Crippen molar-refractivity contribution in [3.05, 3.63) is 48.2 Å². The molecule has 1 fully saturated rings. The van der Waals surface area contributed by atoms with Crippen LogP contribution in [0.1, 0.15) is 13.8 Å². The molecule has 25 heavy (non-hydrogen) atoms. The van der Waals surface area contributed by atoms with Crippen LogP contribution >= 0.6 is 0 Å². The van der Waals surface area contributed by atoms with Gasteiger partial charge in [0.25, 0.3) is 0 Å². The fourth-order valence-corrected chi connectivity index (χ4v) is 3.25. The Bertz CT molecular complexity index is 928. The summed E-state index contributed by atoms with van der Waals surface area (Å²) >= 11 is 0. The molecule has 0 bridgehead atoms. The number of phenols is 1. The van der Waals surface area contributed by atoms with Crippen molar-refractivity contribution in [1.82, 2.24) is 9.78 Å². The summed E-state index contributed by atoms with van der Waals surface area (Å²) in [6, 6.07) is 8.73. The van der Waals surface area contributed by atoms with E-state index in [0.29, 0.717) is 17.0 Å². The Balaban J connectivity index is 1.65. The first-order chi connectivity index (χ1) is 12.0. The van der Waals surface area contributed by atoms with Gasteiger partial charge in [-0.15, -0.1) is 0 Å².